The van der Waals surface area contributed by atoms with Crippen molar-refractivity contribution in [3.05, 3.63) is 52.8 Å². The second kappa shape index (κ2) is 5.48. The van der Waals surface area contributed by atoms with E-state index in [1.807, 2.05) is 17.8 Å². The number of aromatic nitrogens is 2. The third-order valence-corrected chi connectivity index (χ3v) is 3.25. The molecule has 0 spiro atoms. The molecule has 0 amide bonds. The van der Waals surface area contributed by atoms with E-state index in [0.29, 0.717) is 12.0 Å². The minimum atomic E-state index is -0.426. The van der Waals surface area contributed by atoms with E-state index >= 15 is 0 Å². The van der Waals surface area contributed by atoms with Crippen LogP contribution in [0, 0.1) is 5.82 Å². The van der Waals surface area contributed by atoms with Gasteiger partial charge in [-0.05, 0) is 18.1 Å². The van der Waals surface area contributed by atoms with Crippen LogP contribution in [0.25, 0.3) is 0 Å². The highest BCUT2D eigenvalue weighted by molar-refractivity contribution is 6.31. The summed E-state index contributed by atoms with van der Waals surface area (Å²) in [5, 5.41) is 0.131. The van der Waals surface area contributed by atoms with Crippen molar-refractivity contribution in [3.8, 4) is 0 Å². The fourth-order valence-corrected chi connectivity index (χ4v) is 2.07. The Kier molecular flexibility index (Phi) is 3.96. The Morgan fingerprint density at radius 1 is 1.56 bits per heavy atom. The molecule has 3 N–H and O–H groups in total. The third-order valence-electron chi connectivity index (χ3n) is 2.83. The van der Waals surface area contributed by atoms with Gasteiger partial charge in [-0.15, -0.1) is 0 Å². The van der Waals surface area contributed by atoms with E-state index in [-0.39, 0.29) is 11.1 Å². The van der Waals surface area contributed by atoms with E-state index in [0.717, 1.165) is 5.82 Å². The molecule has 96 valence electrons. The Balaban J connectivity index is 2.26. The zero-order chi connectivity index (χ0) is 13.1. The molecule has 0 bridgehead atoms. The largest absolute Gasteiger partial charge is 0.337 e. The first-order valence-corrected chi connectivity index (χ1v) is 5.87. The molecular weight excluding hydrogens is 255 g/mol. The average Bonchev–Trinajstić information content (AvgIpc) is 2.77. The SMILES string of the molecule is Cn1ccnc1C(Cc1cccc(F)c1Cl)NN. The minimum Gasteiger partial charge on any atom is -0.337 e. The number of rotatable bonds is 4. The average molecular weight is 269 g/mol. The summed E-state index contributed by atoms with van der Waals surface area (Å²) in [4.78, 5) is 4.22. The molecule has 1 atom stereocenters. The molecule has 1 unspecified atom stereocenters. The van der Waals surface area contributed by atoms with Crippen LogP contribution in [0.2, 0.25) is 5.02 Å². The Hall–Kier alpha value is -1.43. The number of benzene rings is 1. The van der Waals surface area contributed by atoms with Crippen LogP contribution < -0.4 is 11.3 Å². The number of hydrogen-bond acceptors (Lipinski definition) is 3. The number of nitrogens with two attached hydrogens (primary N) is 1. The maximum absolute atomic E-state index is 13.4. The number of aryl methyl sites for hydroxylation is 1. The van der Waals surface area contributed by atoms with E-state index in [9.17, 15) is 4.39 Å². The van der Waals surface area contributed by atoms with Gasteiger partial charge in [0, 0.05) is 19.4 Å². The first-order chi connectivity index (χ1) is 8.63. The molecule has 4 nitrogen and oxygen atoms in total. The number of halogens is 2. The monoisotopic (exact) mass is 268 g/mol. The fourth-order valence-electron chi connectivity index (χ4n) is 1.86. The van der Waals surface area contributed by atoms with E-state index in [1.54, 1.807) is 18.3 Å². The molecule has 2 aromatic rings. The smallest absolute Gasteiger partial charge is 0.142 e. The Morgan fingerprint density at radius 3 is 2.94 bits per heavy atom. The van der Waals surface area contributed by atoms with Crippen molar-refractivity contribution in [2.75, 3.05) is 0 Å². The second-order valence-electron chi connectivity index (χ2n) is 4.03. The predicted molar refractivity (Wildman–Crippen MR) is 68.4 cm³/mol. The molecule has 6 heteroatoms. The quantitative estimate of drug-likeness (QED) is 0.658. The van der Waals surface area contributed by atoms with Gasteiger partial charge in [-0.3, -0.25) is 5.84 Å². The van der Waals surface area contributed by atoms with Crippen LogP contribution in [0.3, 0.4) is 0 Å². The van der Waals surface area contributed by atoms with Crippen LogP contribution in [-0.2, 0) is 13.5 Å². The lowest BCUT2D eigenvalue weighted by atomic mass is 10.1. The number of hydrazine groups is 1. The first kappa shape index (κ1) is 13.0. The summed E-state index contributed by atoms with van der Waals surface area (Å²) in [6.07, 6.45) is 3.98. The van der Waals surface area contributed by atoms with E-state index < -0.39 is 5.82 Å². The van der Waals surface area contributed by atoms with Crippen LogP contribution in [0.4, 0.5) is 4.39 Å². The van der Waals surface area contributed by atoms with Gasteiger partial charge in [0.05, 0.1) is 11.1 Å². The van der Waals surface area contributed by atoms with Crippen LogP contribution in [0.1, 0.15) is 17.4 Å². The van der Waals surface area contributed by atoms with Crippen molar-refractivity contribution in [2.45, 2.75) is 12.5 Å². The van der Waals surface area contributed by atoms with E-state index in [2.05, 4.69) is 10.4 Å². The predicted octanol–water partition coefficient (Wildman–Crippen LogP) is 1.96. The van der Waals surface area contributed by atoms with Crippen molar-refractivity contribution in [1.29, 1.82) is 0 Å². The van der Waals surface area contributed by atoms with Crippen molar-refractivity contribution in [1.82, 2.24) is 15.0 Å². The summed E-state index contributed by atoms with van der Waals surface area (Å²) in [6.45, 7) is 0. The maximum Gasteiger partial charge on any atom is 0.142 e. The van der Waals surface area contributed by atoms with Gasteiger partial charge >= 0.3 is 0 Å². The molecule has 18 heavy (non-hydrogen) atoms. The van der Waals surface area contributed by atoms with Gasteiger partial charge in [0.15, 0.2) is 0 Å². The van der Waals surface area contributed by atoms with Crippen LogP contribution in [0.15, 0.2) is 30.6 Å². The Labute approximate surface area is 110 Å². The van der Waals surface area contributed by atoms with Crippen molar-refractivity contribution in [2.24, 2.45) is 12.9 Å². The molecule has 0 saturated heterocycles. The lowest BCUT2D eigenvalue weighted by molar-refractivity contribution is 0.506. The normalized spacial score (nSPS) is 12.7. The molecule has 0 saturated carbocycles. The van der Waals surface area contributed by atoms with Crippen molar-refractivity contribution >= 4 is 11.6 Å². The van der Waals surface area contributed by atoms with Crippen molar-refractivity contribution < 1.29 is 4.39 Å². The lowest BCUT2D eigenvalue weighted by Crippen LogP contribution is -2.31. The minimum absolute atomic E-state index is 0.131. The molecule has 0 aliphatic carbocycles. The maximum atomic E-state index is 13.4. The van der Waals surface area contributed by atoms with Crippen LogP contribution in [0.5, 0.6) is 0 Å². The standard InChI is InChI=1S/C12H14ClFN4/c1-18-6-5-16-12(18)10(17-15)7-8-3-2-4-9(14)11(8)13/h2-6,10,17H,7,15H2,1H3. The van der Waals surface area contributed by atoms with Gasteiger partial charge in [-0.2, -0.15) is 0 Å². The zero-order valence-electron chi connectivity index (χ0n) is 9.90. The Bertz CT molecular complexity index is 541. The highest BCUT2D eigenvalue weighted by Crippen LogP contribution is 2.24. The summed E-state index contributed by atoms with van der Waals surface area (Å²) < 4.78 is 15.2. The summed E-state index contributed by atoms with van der Waals surface area (Å²) in [5.41, 5.74) is 3.37. The molecule has 1 aromatic heterocycles. The molecule has 1 aromatic carbocycles. The summed E-state index contributed by atoms with van der Waals surface area (Å²) in [6, 6.07) is 4.52. The molecule has 0 aliphatic heterocycles. The third kappa shape index (κ3) is 2.53. The van der Waals surface area contributed by atoms with Gasteiger partial charge < -0.3 is 4.57 Å². The van der Waals surface area contributed by atoms with Gasteiger partial charge in [-0.1, -0.05) is 23.7 Å². The second-order valence-corrected chi connectivity index (χ2v) is 4.41. The highest BCUT2D eigenvalue weighted by atomic mass is 35.5. The summed E-state index contributed by atoms with van der Waals surface area (Å²) in [5.74, 6) is 5.88. The summed E-state index contributed by atoms with van der Waals surface area (Å²) in [7, 11) is 1.87. The fraction of sp³-hybridized carbons (Fsp3) is 0.250. The molecule has 0 radical (unpaired) electrons. The molecule has 1 heterocycles. The number of nitrogens with zero attached hydrogens (tertiary/aromatic N) is 2. The van der Waals surface area contributed by atoms with Crippen molar-refractivity contribution in [3.63, 3.8) is 0 Å². The zero-order valence-corrected chi connectivity index (χ0v) is 10.7. The van der Waals surface area contributed by atoms with E-state index in [4.69, 9.17) is 17.4 Å². The molecule has 0 aliphatic rings. The number of imidazole rings is 1. The molecule has 2 rings (SSSR count). The van der Waals surface area contributed by atoms with Gasteiger partial charge in [0.25, 0.3) is 0 Å². The van der Waals surface area contributed by atoms with Gasteiger partial charge in [0.1, 0.15) is 11.6 Å². The van der Waals surface area contributed by atoms with Gasteiger partial charge in [-0.25, -0.2) is 14.8 Å². The molecule has 0 fully saturated rings. The van der Waals surface area contributed by atoms with Gasteiger partial charge in [0.2, 0.25) is 0 Å². The number of hydrogen-bond donors (Lipinski definition) is 2. The lowest BCUT2D eigenvalue weighted by Gasteiger charge is -2.16. The van der Waals surface area contributed by atoms with Crippen LogP contribution >= 0.6 is 11.6 Å². The van der Waals surface area contributed by atoms with Crippen LogP contribution in [-0.4, -0.2) is 9.55 Å². The number of nitrogens with one attached hydrogen (secondary N) is 1. The highest BCUT2D eigenvalue weighted by Gasteiger charge is 2.17. The first-order valence-electron chi connectivity index (χ1n) is 5.49. The summed E-state index contributed by atoms with van der Waals surface area (Å²) >= 11 is 5.92. The molecular formula is C12H14ClFN4. The Morgan fingerprint density at radius 2 is 2.33 bits per heavy atom. The van der Waals surface area contributed by atoms with E-state index in [1.165, 1.54) is 6.07 Å². The topological polar surface area (TPSA) is 55.9 Å².